The molecule has 0 bridgehead atoms. The van der Waals surface area contributed by atoms with Crippen LogP contribution >= 0.6 is 0 Å². The molecule has 126 valence electrons. The molecule has 0 aromatic carbocycles. The Kier molecular flexibility index (Phi) is 3.44. The standard InChI is InChI=1S/C19H32FNO/c1-18-7-5-12(22)9-11(18)3-4-13-14(18)6-8-19(2)15(13)10-16(20)17(19)21/h11-17,22H,3-10,21H2,1-2H3/t11-,12+,13-,14+,15+,16-,17-,18+,19+/m1/s1. The summed E-state index contributed by atoms with van der Waals surface area (Å²) in [7, 11) is 0. The summed E-state index contributed by atoms with van der Waals surface area (Å²) in [5.41, 5.74) is 6.67. The van der Waals surface area contributed by atoms with E-state index in [9.17, 15) is 9.50 Å². The van der Waals surface area contributed by atoms with Crippen LogP contribution in [-0.2, 0) is 0 Å². The topological polar surface area (TPSA) is 46.2 Å². The van der Waals surface area contributed by atoms with E-state index in [0.29, 0.717) is 29.6 Å². The summed E-state index contributed by atoms with van der Waals surface area (Å²) in [4.78, 5) is 0. The number of hydrogen-bond acceptors (Lipinski definition) is 2. The van der Waals surface area contributed by atoms with Crippen LogP contribution in [0.3, 0.4) is 0 Å². The summed E-state index contributed by atoms with van der Waals surface area (Å²) in [5, 5.41) is 10.1. The van der Waals surface area contributed by atoms with Crippen LogP contribution in [0, 0.1) is 34.5 Å². The first kappa shape index (κ1) is 15.4. The molecule has 0 aromatic rings. The molecule has 0 aliphatic heterocycles. The maximum Gasteiger partial charge on any atom is 0.116 e. The average molecular weight is 309 g/mol. The van der Waals surface area contributed by atoms with Gasteiger partial charge in [0.1, 0.15) is 6.17 Å². The lowest BCUT2D eigenvalue weighted by atomic mass is 9.45. The Labute approximate surface area is 134 Å². The van der Waals surface area contributed by atoms with E-state index in [4.69, 9.17) is 5.73 Å². The van der Waals surface area contributed by atoms with E-state index in [1.807, 2.05) is 0 Å². The van der Waals surface area contributed by atoms with Crippen molar-refractivity contribution in [2.75, 3.05) is 0 Å². The van der Waals surface area contributed by atoms with E-state index in [-0.39, 0.29) is 17.6 Å². The van der Waals surface area contributed by atoms with Crippen LogP contribution in [0.4, 0.5) is 4.39 Å². The molecule has 0 radical (unpaired) electrons. The normalized spacial score (nSPS) is 61.2. The number of fused-ring (bicyclic) bond motifs is 5. The fourth-order valence-electron chi connectivity index (χ4n) is 7.24. The molecule has 0 spiro atoms. The molecule has 0 amide bonds. The van der Waals surface area contributed by atoms with Crippen molar-refractivity contribution in [1.82, 2.24) is 0 Å². The van der Waals surface area contributed by atoms with E-state index in [1.54, 1.807) is 0 Å². The van der Waals surface area contributed by atoms with Gasteiger partial charge >= 0.3 is 0 Å². The van der Waals surface area contributed by atoms with Crippen molar-refractivity contribution in [3.63, 3.8) is 0 Å². The number of aliphatic hydroxyl groups is 1. The van der Waals surface area contributed by atoms with Gasteiger partial charge in [-0.15, -0.1) is 0 Å². The molecule has 22 heavy (non-hydrogen) atoms. The van der Waals surface area contributed by atoms with Crippen molar-refractivity contribution >= 4 is 0 Å². The summed E-state index contributed by atoms with van der Waals surface area (Å²) >= 11 is 0. The first-order valence-corrected chi connectivity index (χ1v) is 9.44. The van der Waals surface area contributed by atoms with Gasteiger partial charge in [-0.1, -0.05) is 13.8 Å². The Hall–Kier alpha value is -0.150. The molecule has 3 N–H and O–H groups in total. The number of halogens is 1. The molecule has 3 heteroatoms. The molecule has 0 unspecified atom stereocenters. The van der Waals surface area contributed by atoms with E-state index >= 15 is 0 Å². The van der Waals surface area contributed by atoms with Crippen molar-refractivity contribution < 1.29 is 9.50 Å². The van der Waals surface area contributed by atoms with Gasteiger partial charge in [0.15, 0.2) is 0 Å². The quantitative estimate of drug-likeness (QED) is 0.717. The van der Waals surface area contributed by atoms with Crippen molar-refractivity contribution in [2.24, 2.45) is 40.2 Å². The van der Waals surface area contributed by atoms with Gasteiger partial charge in [-0.25, -0.2) is 4.39 Å². The zero-order chi connectivity index (χ0) is 15.7. The Bertz CT molecular complexity index is 457. The monoisotopic (exact) mass is 309 g/mol. The van der Waals surface area contributed by atoms with Crippen molar-refractivity contribution in [1.29, 1.82) is 0 Å². The van der Waals surface area contributed by atoms with Crippen LogP contribution in [0.5, 0.6) is 0 Å². The minimum atomic E-state index is -0.799. The fourth-order valence-corrected chi connectivity index (χ4v) is 7.24. The Morgan fingerprint density at radius 2 is 1.68 bits per heavy atom. The molecule has 0 heterocycles. The molecule has 4 aliphatic carbocycles. The third kappa shape index (κ3) is 1.90. The Balaban J connectivity index is 1.63. The minimum Gasteiger partial charge on any atom is -0.393 e. The third-order valence-electron chi connectivity index (χ3n) is 8.71. The largest absolute Gasteiger partial charge is 0.393 e. The SMILES string of the molecule is C[C@]12CC[C@H](O)C[C@H]1CC[C@@H]1[C@@H]2CC[C@]2(C)[C@H](N)[C@H](F)C[C@@H]12. The van der Waals surface area contributed by atoms with Crippen molar-refractivity contribution in [2.45, 2.75) is 83.5 Å². The van der Waals surface area contributed by atoms with Gasteiger partial charge in [0.2, 0.25) is 0 Å². The molecule has 4 rings (SSSR count). The van der Waals surface area contributed by atoms with E-state index in [2.05, 4.69) is 13.8 Å². The van der Waals surface area contributed by atoms with E-state index < -0.39 is 6.17 Å². The predicted octanol–water partition coefficient (Wildman–Crippen LogP) is 3.67. The van der Waals surface area contributed by atoms with Gasteiger partial charge in [0.05, 0.1) is 6.10 Å². The van der Waals surface area contributed by atoms with Crippen LogP contribution in [-0.4, -0.2) is 23.4 Å². The highest BCUT2D eigenvalue weighted by atomic mass is 19.1. The van der Waals surface area contributed by atoms with Gasteiger partial charge in [0, 0.05) is 6.04 Å². The van der Waals surface area contributed by atoms with Crippen LogP contribution in [0.1, 0.15) is 65.2 Å². The Morgan fingerprint density at radius 3 is 2.45 bits per heavy atom. The maximum absolute atomic E-state index is 14.3. The van der Waals surface area contributed by atoms with Gasteiger partial charge in [-0.3, -0.25) is 0 Å². The second-order valence-electron chi connectivity index (χ2n) is 9.41. The molecule has 9 atom stereocenters. The zero-order valence-electron chi connectivity index (χ0n) is 14.1. The molecule has 0 aromatic heterocycles. The van der Waals surface area contributed by atoms with Gasteiger partial charge in [-0.05, 0) is 85.9 Å². The van der Waals surface area contributed by atoms with E-state index in [1.165, 1.54) is 19.3 Å². The summed E-state index contributed by atoms with van der Waals surface area (Å²) in [6, 6.07) is -0.253. The van der Waals surface area contributed by atoms with Crippen LogP contribution in [0.2, 0.25) is 0 Å². The van der Waals surface area contributed by atoms with Crippen LogP contribution in [0.25, 0.3) is 0 Å². The smallest absolute Gasteiger partial charge is 0.116 e. The summed E-state index contributed by atoms with van der Waals surface area (Å²) in [6.45, 7) is 4.74. The Morgan fingerprint density at radius 1 is 0.955 bits per heavy atom. The van der Waals surface area contributed by atoms with Crippen LogP contribution in [0.15, 0.2) is 0 Å². The highest BCUT2D eigenvalue weighted by molar-refractivity contribution is 5.12. The molecular weight excluding hydrogens is 277 g/mol. The number of aliphatic hydroxyl groups excluding tert-OH is 1. The lowest BCUT2D eigenvalue weighted by Crippen LogP contribution is -2.55. The number of rotatable bonds is 0. The summed E-state index contributed by atoms with van der Waals surface area (Å²) in [5.74, 6) is 2.57. The molecule has 4 aliphatic rings. The molecule has 4 saturated carbocycles. The van der Waals surface area contributed by atoms with E-state index in [0.717, 1.165) is 31.6 Å². The van der Waals surface area contributed by atoms with Gasteiger partial charge in [0.25, 0.3) is 0 Å². The third-order valence-corrected chi connectivity index (χ3v) is 8.71. The maximum atomic E-state index is 14.3. The predicted molar refractivity (Wildman–Crippen MR) is 86.0 cm³/mol. The minimum absolute atomic E-state index is 0.0258. The number of nitrogens with two attached hydrogens (primary N) is 1. The molecule has 0 saturated heterocycles. The van der Waals surface area contributed by atoms with Gasteiger partial charge < -0.3 is 10.8 Å². The van der Waals surface area contributed by atoms with Crippen LogP contribution < -0.4 is 5.73 Å². The lowest BCUT2D eigenvalue weighted by Gasteiger charge is -2.60. The molecular formula is C19H32FNO. The second-order valence-corrected chi connectivity index (χ2v) is 9.41. The summed E-state index contributed by atoms with van der Waals surface area (Å²) < 4.78 is 14.3. The highest BCUT2D eigenvalue weighted by Crippen LogP contribution is 2.66. The average Bonchev–Trinajstić information content (AvgIpc) is 2.72. The van der Waals surface area contributed by atoms with Crippen molar-refractivity contribution in [3.8, 4) is 0 Å². The zero-order valence-corrected chi connectivity index (χ0v) is 14.1. The highest BCUT2D eigenvalue weighted by Gasteiger charge is 2.61. The second kappa shape index (κ2) is 4.92. The molecule has 2 nitrogen and oxygen atoms in total. The fraction of sp³-hybridized carbons (Fsp3) is 1.00. The van der Waals surface area contributed by atoms with Gasteiger partial charge in [-0.2, -0.15) is 0 Å². The lowest BCUT2D eigenvalue weighted by molar-refractivity contribution is -0.122. The first-order valence-electron chi connectivity index (χ1n) is 9.44. The summed E-state index contributed by atoms with van der Waals surface area (Å²) in [6.07, 6.45) is 7.72. The number of hydrogen-bond donors (Lipinski definition) is 2. The number of alkyl halides is 1. The van der Waals surface area contributed by atoms with Crippen molar-refractivity contribution in [3.05, 3.63) is 0 Å². The molecule has 4 fully saturated rings. The first-order chi connectivity index (χ1) is 10.4.